The summed E-state index contributed by atoms with van der Waals surface area (Å²) in [4.78, 5) is 32.1. The van der Waals surface area contributed by atoms with E-state index in [-0.39, 0.29) is 17.2 Å². The van der Waals surface area contributed by atoms with Crippen molar-refractivity contribution in [2.75, 3.05) is 18.4 Å². The van der Waals surface area contributed by atoms with Crippen molar-refractivity contribution >= 4 is 28.3 Å². The lowest BCUT2D eigenvalue weighted by Crippen LogP contribution is -2.29. The maximum atomic E-state index is 12.3. The number of nitrogens with one attached hydrogen (secondary N) is 2. The van der Waals surface area contributed by atoms with Crippen LogP contribution in [0.15, 0.2) is 72.8 Å². The Morgan fingerprint density at radius 1 is 0.969 bits per heavy atom. The van der Waals surface area contributed by atoms with Gasteiger partial charge in [0.25, 0.3) is 11.6 Å². The predicted molar refractivity (Wildman–Crippen MR) is 124 cm³/mol. The van der Waals surface area contributed by atoms with Crippen LogP contribution in [0.3, 0.4) is 0 Å². The largest absolute Gasteiger partial charge is 0.368 e. The van der Waals surface area contributed by atoms with Gasteiger partial charge in [-0.3, -0.25) is 14.9 Å². The molecule has 1 amide bonds. The van der Waals surface area contributed by atoms with Gasteiger partial charge in [0.2, 0.25) is 0 Å². The van der Waals surface area contributed by atoms with Crippen molar-refractivity contribution in [3.05, 3.63) is 94.0 Å². The molecule has 1 heterocycles. The van der Waals surface area contributed by atoms with Crippen LogP contribution < -0.4 is 10.6 Å². The van der Waals surface area contributed by atoms with E-state index in [2.05, 4.69) is 15.6 Å². The normalized spacial score (nSPS) is 10.7. The molecule has 0 aliphatic rings. The van der Waals surface area contributed by atoms with Crippen LogP contribution in [0.5, 0.6) is 0 Å². The first kappa shape index (κ1) is 20.9. The average molecular weight is 427 g/mol. The van der Waals surface area contributed by atoms with Gasteiger partial charge >= 0.3 is 0 Å². The van der Waals surface area contributed by atoms with Gasteiger partial charge in [-0.1, -0.05) is 48.0 Å². The van der Waals surface area contributed by atoms with Crippen molar-refractivity contribution in [2.45, 2.75) is 6.92 Å². The summed E-state index contributed by atoms with van der Waals surface area (Å²) in [7, 11) is 0. The highest BCUT2D eigenvalue weighted by Crippen LogP contribution is 2.25. The first-order valence-electron chi connectivity index (χ1n) is 10.1. The van der Waals surface area contributed by atoms with Gasteiger partial charge in [-0.2, -0.15) is 0 Å². The standard InChI is InChI=1S/C24H21N5O3/c1-16-9-11-17(12-10-16)22-27-21-8-3-2-7-20(21)23(28-22)25-13-14-26-24(30)18-5-4-6-19(15-18)29(31)32/h2-12,15H,13-14H2,1H3,(H,26,30)(H,25,27,28). The molecule has 0 unspecified atom stereocenters. The van der Waals surface area contributed by atoms with Gasteiger partial charge in [0.1, 0.15) is 5.82 Å². The number of fused-ring (bicyclic) bond motifs is 1. The fraction of sp³-hybridized carbons (Fsp3) is 0.125. The predicted octanol–water partition coefficient (Wildman–Crippen LogP) is 4.36. The van der Waals surface area contributed by atoms with E-state index in [1.165, 1.54) is 18.2 Å². The molecule has 0 saturated heterocycles. The molecule has 4 aromatic rings. The van der Waals surface area contributed by atoms with E-state index in [4.69, 9.17) is 4.98 Å². The van der Waals surface area contributed by atoms with Crippen LogP contribution >= 0.6 is 0 Å². The summed E-state index contributed by atoms with van der Waals surface area (Å²) in [6, 6.07) is 21.4. The summed E-state index contributed by atoms with van der Waals surface area (Å²) < 4.78 is 0. The summed E-state index contributed by atoms with van der Waals surface area (Å²) in [5.74, 6) is 0.922. The minimum Gasteiger partial charge on any atom is -0.368 e. The zero-order valence-electron chi connectivity index (χ0n) is 17.4. The Kier molecular flexibility index (Phi) is 6.03. The molecule has 0 aliphatic carbocycles. The Morgan fingerprint density at radius 3 is 2.53 bits per heavy atom. The van der Waals surface area contributed by atoms with E-state index in [0.717, 1.165) is 22.0 Å². The van der Waals surface area contributed by atoms with Gasteiger partial charge in [0.05, 0.1) is 10.4 Å². The Balaban J connectivity index is 1.47. The fourth-order valence-electron chi connectivity index (χ4n) is 3.26. The Hall–Kier alpha value is -4.33. The highest BCUT2D eigenvalue weighted by molar-refractivity contribution is 5.95. The molecular formula is C24H21N5O3. The number of nitro groups is 1. The summed E-state index contributed by atoms with van der Waals surface area (Å²) >= 11 is 0. The number of para-hydroxylation sites is 1. The third-order valence-electron chi connectivity index (χ3n) is 4.94. The van der Waals surface area contributed by atoms with Crippen LogP contribution in [0.4, 0.5) is 11.5 Å². The minimum atomic E-state index is -0.524. The van der Waals surface area contributed by atoms with E-state index < -0.39 is 4.92 Å². The molecule has 8 heteroatoms. The summed E-state index contributed by atoms with van der Waals surface area (Å²) in [5.41, 5.74) is 3.03. The lowest BCUT2D eigenvalue weighted by atomic mass is 10.1. The van der Waals surface area contributed by atoms with Crippen molar-refractivity contribution in [2.24, 2.45) is 0 Å². The van der Waals surface area contributed by atoms with Crippen LogP contribution in [0, 0.1) is 17.0 Å². The Labute approximate surface area is 184 Å². The maximum Gasteiger partial charge on any atom is 0.270 e. The molecule has 8 nitrogen and oxygen atoms in total. The number of carbonyl (C=O) groups excluding carboxylic acids is 1. The van der Waals surface area contributed by atoms with Gasteiger partial charge < -0.3 is 10.6 Å². The zero-order chi connectivity index (χ0) is 22.5. The number of carbonyl (C=O) groups is 1. The first-order chi connectivity index (χ1) is 15.5. The zero-order valence-corrected chi connectivity index (χ0v) is 17.4. The van der Waals surface area contributed by atoms with Gasteiger partial charge in [0, 0.05) is 41.7 Å². The molecule has 0 atom stereocenters. The second-order valence-electron chi connectivity index (χ2n) is 7.27. The number of hydrogen-bond donors (Lipinski definition) is 2. The molecule has 160 valence electrons. The topological polar surface area (TPSA) is 110 Å². The summed E-state index contributed by atoms with van der Waals surface area (Å²) in [5, 5.41) is 17.8. The Bertz CT molecular complexity index is 1290. The van der Waals surface area contributed by atoms with E-state index in [1.807, 2.05) is 55.5 Å². The SMILES string of the molecule is Cc1ccc(-c2nc(NCCNC(=O)c3cccc([N+](=O)[O-])c3)c3ccccc3n2)cc1. The number of hydrogen-bond acceptors (Lipinski definition) is 6. The molecule has 0 aliphatic heterocycles. The lowest BCUT2D eigenvalue weighted by Gasteiger charge is -2.12. The van der Waals surface area contributed by atoms with E-state index in [1.54, 1.807) is 6.07 Å². The molecular weight excluding hydrogens is 406 g/mol. The maximum absolute atomic E-state index is 12.3. The number of benzene rings is 3. The van der Waals surface area contributed by atoms with E-state index in [9.17, 15) is 14.9 Å². The third kappa shape index (κ3) is 4.70. The van der Waals surface area contributed by atoms with Gasteiger partial charge in [-0.15, -0.1) is 0 Å². The molecule has 4 rings (SSSR count). The molecule has 0 fully saturated rings. The van der Waals surface area contributed by atoms with Crippen LogP contribution in [0.2, 0.25) is 0 Å². The van der Waals surface area contributed by atoms with Crippen molar-refractivity contribution in [3.63, 3.8) is 0 Å². The number of rotatable bonds is 7. The number of anilines is 1. The Morgan fingerprint density at radius 2 is 1.75 bits per heavy atom. The lowest BCUT2D eigenvalue weighted by molar-refractivity contribution is -0.384. The first-order valence-corrected chi connectivity index (χ1v) is 10.1. The monoisotopic (exact) mass is 427 g/mol. The smallest absolute Gasteiger partial charge is 0.270 e. The van der Waals surface area contributed by atoms with Gasteiger partial charge in [-0.05, 0) is 25.1 Å². The fourth-order valence-corrected chi connectivity index (χ4v) is 3.26. The van der Waals surface area contributed by atoms with Crippen LogP contribution in [0.1, 0.15) is 15.9 Å². The second-order valence-corrected chi connectivity index (χ2v) is 7.27. The molecule has 3 aromatic carbocycles. The van der Waals surface area contributed by atoms with E-state index in [0.29, 0.717) is 24.7 Å². The second kappa shape index (κ2) is 9.22. The number of aromatic nitrogens is 2. The molecule has 0 radical (unpaired) electrons. The number of nitrogens with zero attached hydrogens (tertiary/aromatic N) is 3. The van der Waals surface area contributed by atoms with Crippen molar-refractivity contribution in [1.29, 1.82) is 0 Å². The highest BCUT2D eigenvalue weighted by Gasteiger charge is 2.12. The minimum absolute atomic E-state index is 0.119. The molecule has 0 spiro atoms. The number of nitro benzene ring substituents is 1. The molecule has 0 saturated carbocycles. The molecule has 1 aromatic heterocycles. The van der Waals surface area contributed by atoms with Crippen molar-refractivity contribution in [1.82, 2.24) is 15.3 Å². The highest BCUT2D eigenvalue weighted by atomic mass is 16.6. The number of amides is 1. The number of non-ortho nitro benzene ring substituents is 1. The summed E-state index contributed by atoms with van der Waals surface area (Å²) in [6.45, 7) is 2.77. The molecule has 0 bridgehead atoms. The van der Waals surface area contributed by atoms with Gasteiger partial charge in [-0.25, -0.2) is 9.97 Å². The van der Waals surface area contributed by atoms with Crippen LogP contribution in [0.25, 0.3) is 22.3 Å². The van der Waals surface area contributed by atoms with Crippen LogP contribution in [-0.4, -0.2) is 33.9 Å². The summed E-state index contributed by atoms with van der Waals surface area (Å²) in [6.07, 6.45) is 0. The van der Waals surface area contributed by atoms with Gasteiger partial charge in [0.15, 0.2) is 5.82 Å². The van der Waals surface area contributed by atoms with Crippen molar-refractivity contribution in [3.8, 4) is 11.4 Å². The molecule has 32 heavy (non-hydrogen) atoms. The van der Waals surface area contributed by atoms with E-state index >= 15 is 0 Å². The number of aryl methyl sites for hydroxylation is 1. The quantitative estimate of drug-likeness (QED) is 0.258. The van der Waals surface area contributed by atoms with Crippen molar-refractivity contribution < 1.29 is 9.72 Å². The molecule has 2 N–H and O–H groups in total. The average Bonchev–Trinajstić information content (AvgIpc) is 2.82. The third-order valence-corrected chi connectivity index (χ3v) is 4.94. The van der Waals surface area contributed by atoms with Crippen LogP contribution in [-0.2, 0) is 0 Å².